The van der Waals surface area contributed by atoms with Crippen LogP contribution >= 0.6 is 23.2 Å². The summed E-state index contributed by atoms with van der Waals surface area (Å²) in [7, 11) is 0. The molecule has 2 heterocycles. The molecule has 0 aliphatic carbocycles. The van der Waals surface area contributed by atoms with E-state index >= 15 is 0 Å². The van der Waals surface area contributed by atoms with Crippen LogP contribution in [-0.2, 0) is 17.8 Å². The van der Waals surface area contributed by atoms with Gasteiger partial charge in [0.1, 0.15) is 0 Å². The lowest BCUT2D eigenvalue weighted by Gasteiger charge is -2.26. The largest absolute Gasteiger partial charge is 0.356 e. The minimum absolute atomic E-state index is 0.0684. The molecule has 1 aliphatic rings. The summed E-state index contributed by atoms with van der Waals surface area (Å²) in [6, 6.07) is 7.40. The summed E-state index contributed by atoms with van der Waals surface area (Å²) in [4.78, 5) is 13.8. The van der Waals surface area contributed by atoms with Crippen LogP contribution < -0.4 is 0 Å². The van der Waals surface area contributed by atoms with E-state index in [0.29, 0.717) is 42.6 Å². The Bertz CT molecular complexity index is 652. The molecule has 0 bridgehead atoms. The van der Waals surface area contributed by atoms with Gasteiger partial charge in [-0.05, 0) is 24.3 Å². The lowest BCUT2D eigenvalue weighted by Crippen LogP contribution is -2.36. The van der Waals surface area contributed by atoms with Crippen molar-refractivity contribution in [1.29, 1.82) is 0 Å². The van der Waals surface area contributed by atoms with Gasteiger partial charge in [0.15, 0.2) is 5.76 Å². The fourth-order valence-electron chi connectivity index (χ4n) is 2.49. The first-order valence-electron chi connectivity index (χ1n) is 6.76. The Kier molecular flexibility index (Phi) is 4.17. The second-order valence-corrected chi connectivity index (χ2v) is 5.76. The molecule has 0 spiro atoms. The molecule has 0 atom stereocenters. The molecule has 1 aromatic carbocycles. The first-order valence-corrected chi connectivity index (χ1v) is 7.67. The van der Waals surface area contributed by atoms with Gasteiger partial charge in [-0.25, -0.2) is 0 Å². The molecule has 2 aromatic rings. The molecular weight excluding hydrogens is 311 g/mol. The number of aromatic nitrogens is 1. The predicted molar refractivity (Wildman–Crippen MR) is 81.4 cm³/mol. The molecule has 0 saturated carbocycles. The Balaban J connectivity index is 1.89. The first kappa shape index (κ1) is 14.4. The smallest absolute Gasteiger partial charge is 0.224 e. The van der Waals surface area contributed by atoms with Crippen LogP contribution in [0.2, 0.25) is 5.02 Å². The molecule has 1 aliphatic heterocycles. The summed E-state index contributed by atoms with van der Waals surface area (Å²) in [5.41, 5.74) is 2.82. The lowest BCUT2D eigenvalue weighted by atomic mass is 10.0. The van der Waals surface area contributed by atoms with Crippen LogP contribution in [0.15, 0.2) is 28.8 Å². The monoisotopic (exact) mass is 324 g/mol. The molecule has 0 unspecified atom stereocenters. The van der Waals surface area contributed by atoms with Gasteiger partial charge in [0.05, 0.1) is 12.2 Å². The summed E-state index contributed by atoms with van der Waals surface area (Å²) >= 11 is 11.6. The Hall–Kier alpha value is -1.52. The van der Waals surface area contributed by atoms with Crippen molar-refractivity contribution >= 4 is 29.1 Å². The van der Waals surface area contributed by atoms with Crippen LogP contribution in [0.25, 0.3) is 11.3 Å². The van der Waals surface area contributed by atoms with Gasteiger partial charge < -0.3 is 9.42 Å². The van der Waals surface area contributed by atoms with E-state index < -0.39 is 0 Å². The third-order valence-corrected chi connectivity index (χ3v) is 4.05. The molecule has 4 nitrogen and oxygen atoms in total. The van der Waals surface area contributed by atoms with Crippen molar-refractivity contribution < 1.29 is 9.32 Å². The summed E-state index contributed by atoms with van der Waals surface area (Å²) < 4.78 is 5.47. The van der Waals surface area contributed by atoms with Crippen LogP contribution in [0.3, 0.4) is 0 Å². The van der Waals surface area contributed by atoms with Crippen LogP contribution in [0.1, 0.15) is 17.7 Å². The summed E-state index contributed by atoms with van der Waals surface area (Å²) in [6.45, 7) is 1.18. The van der Waals surface area contributed by atoms with Gasteiger partial charge >= 0.3 is 0 Å². The van der Waals surface area contributed by atoms with Crippen molar-refractivity contribution in [3.8, 4) is 11.3 Å². The second-order valence-electron chi connectivity index (χ2n) is 4.95. The van der Waals surface area contributed by atoms with Crippen LogP contribution in [-0.4, -0.2) is 28.4 Å². The number of halogens is 2. The van der Waals surface area contributed by atoms with Crippen LogP contribution in [0.4, 0.5) is 0 Å². The van der Waals surface area contributed by atoms with Crippen LogP contribution in [0, 0.1) is 0 Å². The fourth-order valence-corrected chi connectivity index (χ4v) is 2.78. The highest BCUT2D eigenvalue weighted by Crippen LogP contribution is 2.31. The third-order valence-electron chi connectivity index (χ3n) is 3.60. The summed E-state index contributed by atoms with van der Waals surface area (Å²) in [6.07, 6.45) is 1.07. The molecular formula is C15H14Cl2N2O2. The molecule has 1 amide bonds. The Labute approximate surface area is 132 Å². The number of alkyl halides is 1. The van der Waals surface area contributed by atoms with Crippen molar-refractivity contribution in [2.75, 3.05) is 12.4 Å². The van der Waals surface area contributed by atoms with E-state index in [-0.39, 0.29) is 5.91 Å². The molecule has 1 aromatic heterocycles. The topological polar surface area (TPSA) is 46.3 Å². The fraction of sp³-hybridized carbons (Fsp3) is 0.333. The van der Waals surface area contributed by atoms with Gasteiger partial charge in [-0.15, -0.1) is 11.6 Å². The van der Waals surface area contributed by atoms with Crippen LogP contribution in [0.5, 0.6) is 0 Å². The van der Waals surface area contributed by atoms with E-state index in [2.05, 4.69) is 5.16 Å². The standard InChI is InChI=1S/C15H14Cl2N2O2/c16-7-5-14(20)19-8-6-13-12(9-19)15(21-18-13)10-1-3-11(17)4-2-10/h1-4H,5-9H2. The van der Waals surface area contributed by atoms with Gasteiger partial charge in [-0.3, -0.25) is 4.79 Å². The molecule has 0 saturated heterocycles. The number of hydrogen-bond acceptors (Lipinski definition) is 3. The SMILES string of the molecule is O=C(CCCl)N1CCc2noc(-c3ccc(Cl)cc3)c2C1. The van der Waals surface area contributed by atoms with Gasteiger partial charge in [0.2, 0.25) is 5.91 Å². The minimum Gasteiger partial charge on any atom is -0.356 e. The maximum absolute atomic E-state index is 12.0. The number of carbonyl (C=O) groups is 1. The van der Waals surface area contributed by atoms with E-state index in [1.54, 1.807) is 4.90 Å². The third kappa shape index (κ3) is 2.92. The van der Waals surface area contributed by atoms with E-state index in [4.69, 9.17) is 27.7 Å². The minimum atomic E-state index is 0.0684. The van der Waals surface area contributed by atoms with E-state index in [0.717, 1.165) is 16.8 Å². The number of rotatable bonds is 3. The van der Waals surface area contributed by atoms with E-state index in [9.17, 15) is 4.79 Å². The number of benzene rings is 1. The molecule has 6 heteroatoms. The van der Waals surface area contributed by atoms with Crippen molar-refractivity contribution in [3.05, 3.63) is 40.5 Å². The van der Waals surface area contributed by atoms with E-state index in [1.807, 2.05) is 24.3 Å². The first-order chi connectivity index (χ1) is 10.2. The number of fused-ring (bicyclic) bond motifs is 1. The predicted octanol–water partition coefficient (Wildman–Crippen LogP) is 3.51. The van der Waals surface area contributed by atoms with E-state index in [1.165, 1.54) is 0 Å². The zero-order valence-electron chi connectivity index (χ0n) is 11.3. The zero-order chi connectivity index (χ0) is 14.8. The Morgan fingerprint density at radius 3 is 2.81 bits per heavy atom. The maximum Gasteiger partial charge on any atom is 0.224 e. The highest BCUT2D eigenvalue weighted by molar-refractivity contribution is 6.30. The molecule has 21 heavy (non-hydrogen) atoms. The van der Waals surface area contributed by atoms with Gasteiger partial charge in [0, 0.05) is 41.4 Å². The number of amides is 1. The molecule has 0 fully saturated rings. The Morgan fingerprint density at radius 2 is 2.10 bits per heavy atom. The highest BCUT2D eigenvalue weighted by atomic mass is 35.5. The van der Waals surface area contributed by atoms with Crippen molar-refractivity contribution in [2.45, 2.75) is 19.4 Å². The number of carbonyl (C=O) groups excluding carboxylic acids is 1. The zero-order valence-corrected chi connectivity index (χ0v) is 12.8. The van der Waals surface area contributed by atoms with Gasteiger partial charge in [-0.1, -0.05) is 16.8 Å². The van der Waals surface area contributed by atoms with Crippen molar-refractivity contribution in [3.63, 3.8) is 0 Å². The van der Waals surface area contributed by atoms with Gasteiger partial charge in [-0.2, -0.15) is 0 Å². The maximum atomic E-state index is 12.0. The van der Waals surface area contributed by atoms with Crippen molar-refractivity contribution in [1.82, 2.24) is 10.1 Å². The summed E-state index contributed by atoms with van der Waals surface area (Å²) in [5, 5.41) is 4.80. The normalized spacial score (nSPS) is 14.1. The number of nitrogens with zero attached hydrogens (tertiary/aromatic N) is 2. The summed E-state index contributed by atoms with van der Waals surface area (Å²) in [5.74, 6) is 1.12. The van der Waals surface area contributed by atoms with Gasteiger partial charge in [0.25, 0.3) is 0 Å². The Morgan fingerprint density at radius 1 is 1.33 bits per heavy atom. The highest BCUT2D eigenvalue weighted by Gasteiger charge is 2.27. The molecule has 3 rings (SSSR count). The number of hydrogen-bond donors (Lipinski definition) is 0. The second kappa shape index (κ2) is 6.08. The molecule has 0 N–H and O–H groups in total. The average molecular weight is 325 g/mol. The molecule has 110 valence electrons. The molecule has 0 radical (unpaired) electrons. The quantitative estimate of drug-likeness (QED) is 0.811. The van der Waals surface area contributed by atoms with Crippen molar-refractivity contribution in [2.24, 2.45) is 0 Å². The lowest BCUT2D eigenvalue weighted by molar-refractivity contribution is -0.131. The average Bonchev–Trinajstić information content (AvgIpc) is 2.91.